The fraction of sp³-hybridized carbons (Fsp3) is 0.280. The highest BCUT2D eigenvalue weighted by atomic mass is 16.5. The van der Waals surface area contributed by atoms with Gasteiger partial charge in [-0.2, -0.15) is 10.2 Å². The second-order valence-electron chi connectivity index (χ2n) is 7.83. The fourth-order valence-electron chi connectivity index (χ4n) is 3.85. The molecule has 1 unspecified atom stereocenters. The van der Waals surface area contributed by atoms with Gasteiger partial charge in [-0.15, -0.1) is 0 Å². The summed E-state index contributed by atoms with van der Waals surface area (Å²) in [5.41, 5.74) is 3.22. The van der Waals surface area contributed by atoms with E-state index >= 15 is 0 Å². The van der Waals surface area contributed by atoms with E-state index < -0.39 is 6.04 Å². The topological polar surface area (TPSA) is 91.0 Å². The van der Waals surface area contributed by atoms with Gasteiger partial charge in [0, 0.05) is 12.1 Å². The molecule has 0 saturated carbocycles. The number of aryl methyl sites for hydroxylation is 2. The van der Waals surface area contributed by atoms with E-state index in [0.29, 0.717) is 35.4 Å². The SMILES string of the molecule is CCOc1ccccc1CNC(=O)C(C)n1nc(C)c2nn(-c3ccccc3)c(C)c2c1=O. The molecular weight excluding hydrogens is 418 g/mol. The van der Waals surface area contributed by atoms with Crippen molar-refractivity contribution in [1.82, 2.24) is 24.9 Å². The number of hydrogen-bond donors (Lipinski definition) is 1. The molecule has 0 aliphatic rings. The van der Waals surface area contributed by atoms with Gasteiger partial charge in [-0.1, -0.05) is 36.4 Å². The average Bonchev–Trinajstić information content (AvgIpc) is 3.19. The highest BCUT2D eigenvalue weighted by Gasteiger charge is 2.23. The Kier molecular flexibility index (Phi) is 6.26. The number of carbonyl (C=O) groups is 1. The lowest BCUT2D eigenvalue weighted by atomic mass is 10.2. The van der Waals surface area contributed by atoms with Gasteiger partial charge in [-0.05, 0) is 45.9 Å². The molecule has 2 heterocycles. The van der Waals surface area contributed by atoms with Crippen LogP contribution in [0.15, 0.2) is 59.4 Å². The molecule has 1 N–H and O–H groups in total. The maximum absolute atomic E-state index is 13.4. The number of rotatable bonds is 7. The van der Waals surface area contributed by atoms with Crippen molar-refractivity contribution in [2.24, 2.45) is 0 Å². The molecule has 170 valence electrons. The van der Waals surface area contributed by atoms with Crippen LogP contribution in [-0.2, 0) is 11.3 Å². The number of carbonyl (C=O) groups excluding carboxylic acids is 1. The maximum atomic E-state index is 13.4. The number of aromatic nitrogens is 4. The molecule has 0 aliphatic heterocycles. The predicted molar refractivity (Wildman–Crippen MR) is 127 cm³/mol. The highest BCUT2D eigenvalue weighted by molar-refractivity contribution is 5.84. The highest BCUT2D eigenvalue weighted by Crippen LogP contribution is 2.21. The average molecular weight is 446 g/mol. The van der Waals surface area contributed by atoms with Crippen molar-refractivity contribution in [3.05, 3.63) is 81.9 Å². The first-order valence-corrected chi connectivity index (χ1v) is 10.9. The van der Waals surface area contributed by atoms with E-state index in [1.54, 1.807) is 18.5 Å². The largest absolute Gasteiger partial charge is 0.494 e. The van der Waals surface area contributed by atoms with Crippen molar-refractivity contribution in [3.8, 4) is 11.4 Å². The van der Waals surface area contributed by atoms with Crippen LogP contribution in [0.4, 0.5) is 0 Å². The zero-order valence-electron chi connectivity index (χ0n) is 19.2. The van der Waals surface area contributed by atoms with E-state index in [2.05, 4.69) is 15.5 Å². The zero-order valence-corrected chi connectivity index (χ0v) is 19.2. The van der Waals surface area contributed by atoms with E-state index in [1.807, 2.05) is 68.4 Å². The van der Waals surface area contributed by atoms with Crippen LogP contribution in [0.25, 0.3) is 16.6 Å². The van der Waals surface area contributed by atoms with Gasteiger partial charge in [-0.3, -0.25) is 9.59 Å². The van der Waals surface area contributed by atoms with Gasteiger partial charge in [0.1, 0.15) is 17.3 Å². The van der Waals surface area contributed by atoms with Gasteiger partial charge in [0.05, 0.1) is 29.1 Å². The molecule has 4 aromatic rings. The van der Waals surface area contributed by atoms with Crippen LogP contribution in [0.2, 0.25) is 0 Å². The van der Waals surface area contributed by atoms with E-state index in [-0.39, 0.29) is 11.5 Å². The van der Waals surface area contributed by atoms with E-state index in [1.165, 1.54) is 4.68 Å². The summed E-state index contributed by atoms with van der Waals surface area (Å²) >= 11 is 0. The third-order valence-corrected chi connectivity index (χ3v) is 5.61. The number of amides is 1. The molecule has 2 aromatic heterocycles. The summed E-state index contributed by atoms with van der Waals surface area (Å²) in [6.45, 7) is 8.05. The van der Waals surface area contributed by atoms with Crippen LogP contribution in [0, 0.1) is 13.8 Å². The molecular formula is C25H27N5O3. The van der Waals surface area contributed by atoms with Gasteiger partial charge >= 0.3 is 0 Å². The predicted octanol–water partition coefficient (Wildman–Crippen LogP) is 3.48. The van der Waals surface area contributed by atoms with Gasteiger partial charge in [-0.25, -0.2) is 9.36 Å². The van der Waals surface area contributed by atoms with E-state index in [0.717, 1.165) is 17.0 Å². The number of hydrogen-bond acceptors (Lipinski definition) is 5. The van der Waals surface area contributed by atoms with Crippen LogP contribution in [-0.4, -0.2) is 32.1 Å². The number of nitrogens with zero attached hydrogens (tertiary/aromatic N) is 4. The second kappa shape index (κ2) is 9.28. The molecule has 1 atom stereocenters. The third kappa shape index (κ3) is 4.24. The fourth-order valence-corrected chi connectivity index (χ4v) is 3.85. The first-order valence-electron chi connectivity index (χ1n) is 10.9. The molecule has 4 rings (SSSR count). The standard InChI is InChI=1S/C25H27N5O3/c1-5-33-21-14-10-9-11-19(21)15-26-24(31)18(4)30-25(32)22-17(3)29(20-12-7-6-8-13-20)28-23(22)16(2)27-30/h6-14,18H,5,15H2,1-4H3,(H,26,31). The third-order valence-electron chi connectivity index (χ3n) is 5.61. The Morgan fingerprint density at radius 2 is 1.76 bits per heavy atom. The van der Waals surface area contributed by atoms with Gasteiger partial charge in [0.15, 0.2) is 0 Å². The number of benzene rings is 2. The van der Waals surface area contributed by atoms with Gasteiger partial charge in [0.25, 0.3) is 5.56 Å². The molecule has 0 fully saturated rings. The van der Waals surface area contributed by atoms with Crippen molar-refractivity contribution in [2.75, 3.05) is 6.61 Å². The molecule has 8 nitrogen and oxygen atoms in total. The lowest BCUT2D eigenvalue weighted by molar-refractivity contribution is -0.124. The number of para-hydroxylation sites is 2. The Balaban J connectivity index is 1.64. The summed E-state index contributed by atoms with van der Waals surface area (Å²) in [7, 11) is 0. The molecule has 0 bridgehead atoms. The maximum Gasteiger partial charge on any atom is 0.278 e. The van der Waals surface area contributed by atoms with Crippen molar-refractivity contribution in [2.45, 2.75) is 40.3 Å². The summed E-state index contributed by atoms with van der Waals surface area (Å²) in [6.07, 6.45) is 0. The summed E-state index contributed by atoms with van der Waals surface area (Å²) in [6, 6.07) is 16.4. The molecule has 0 radical (unpaired) electrons. The lowest BCUT2D eigenvalue weighted by Crippen LogP contribution is -2.37. The molecule has 0 spiro atoms. The first kappa shape index (κ1) is 22.3. The van der Waals surface area contributed by atoms with E-state index in [4.69, 9.17) is 4.74 Å². The molecule has 1 amide bonds. The Bertz CT molecular complexity index is 1360. The number of ether oxygens (including phenoxy) is 1. The van der Waals surface area contributed by atoms with Gasteiger partial charge in [0.2, 0.25) is 5.91 Å². The summed E-state index contributed by atoms with van der Waals surface area (Å²) in [4.78, 5) is 26.3. The van der Waals surface area contributed by atoms with E-state index in [9.17, 15) is 9.59 Å². The molecule has 2 aromatic carbocycles. The Morgan fingerprint density at radius 3 is 2.48 bits per heavy atom. The Labute approximate surface area is 191 Å². The molecule has 33 heavy (non-hydrogen) atoms. The minimum Gasteiger partial charge on any atom is -0.494 e. The minimum absolute atomic E-state index is 0.292. The normalized spacial score (nSPS) is 12.0. The quantitative estimate of drug-likeness (QED) is 0.470. The van der Waals surface area contributed by atoms with Crippen LogP contribution in [0.1, 0.15) is 36.8 Å². The monoisotopic (exact) mass is 445 g/mol. The summed E-state index contributed by atoms with van der Waals surface area (Å²) in [5, 5.41) is 12.4. The minimum atomic E-state index is -0.792. The Hall–Kier alpha value is -3.94. The summed E-state index contributed by atoms with van der Waals surface area (Å²) in [5.74, 6) is 0.423. The van der Waals surface area contributed by atoms with Gasteiger partial charge < -0.3 is 10.1 Å². The Morgan fingerprint density at radius 1 is 1.06 bits per heavy atom. The summed E-state index contributed by atoms with van der Waals surface area (Å²) < 4.78 is 8.60. The molecule has 0 saturated heterocycles. The van der Waals surface area contributed by atoms with Crippen molar-refractivity contribution >= 4 is 16.8 Å². The van der Waals surface area contributed by atoms with Crippen LogP contribution in [0.3, 0.4) is 0 Å². The first-order chi connectivity index (χ1) is 15.9. The lowest BCUT2D eigenvalue weighted by Gasteiger charge is -2.16. The van der Waals surface area contributed by atoms with Crippen LogP contribution >= 0.6 is 0 Å². The van der Waals surface area contributed by atoms with Crippen molar-refractivity contribution in [1.29, 1.82) is 0 Å². The zero-order chi connectivity index (χ0) is 23.5. The molecule has 0 aliphatic carbocycles. The van der Waals surface area contributed by atoms with Crippen LogP contribution in [0.5, 0.6) is 5.75 Å². The van der Waals surface area contributed by atoms with Crippen LogP contribution < -0.4 is 15.6 Å². The smallest absolute Gasteiger partial charge is 0.278 e. The number of nitrogens with one attached hydrogen (secondary N) is 1. The number of fused-ring (bicyclic) bond motifs is 1. The molecule has 8 heteroatoms. The van der Waals surface area contributed by atoms with Crippen molar-refractivity contribution < 1.29 is 9.53 Å². The second-order valence-corrected chi connectivity index (χ2v) is 7.83. The van der Waals surface area contributed by atoms with Crippen molar-refractivity contribution in [3.63, 3.8) is 0 Å².